The number of rotatable bonds is 4. The van der Waals surface area contributed by atoms with Crippen LogP contribution in [0.25, 0.3) is 39.0 Å². The number of methoxy groups -OCH3 is 2. The lowest BCUT2D eigenvalue weighted by Crippen LogP contribution is -2.15. The van der Waals surface area contributed by atoms with Gasteiger partial charge in [0.1, 0.15) is 5.57 Å². The van der Waals surface area contributed by atoms with Gasteiger partial charge in [-0.15, -0.1) is 0 Å². The largest absolute Gasteiger partial charge is 0.465 e. The van der Waals surface area contributed by atoms with E-state index in [0.29, 0.717) is 0 Å². The maximum atomic E-state index is 12.2. The Labute approximate surface area is 167 Å². The molecule has 0 spiro atoms. The summed E-state index contributed by atoms with van der Waals surface area (Å²) in [6, 6.07) is 21.9. The quantitative estimate of drug-likeness (QED) is 0.239. The Bertz CT molecular complexity index is 1240. The highest BCUT2D eigenvalue weighted by atomic mass is 16.5. The van der Waals surface area contributed by atoms with Crippen molar-refractivity contribution in [2.24, 2.45) is 0 Å². The molecule has 4 aromatic rings. The lowest BCUT2D eigenvalue weighted by atomic mass is 9.98. The Morgan fingerprint density at radius 1 is 0.793 bits per heavy atom. The summed E-state index contributed by atoms with van der Waals surface area (Å²) in [5.41, 5.74) is 3.24. The van der Waals surface area contributed by atoms with Crippen molar-refractivity contribution < 1.29 is 19.1 Å². The average molecular weight is 385 g/mol. The maximum absolute atomic E-state index is 12.2. The SMILES string of the molecule is COC(=O)C(=Cc1c(-c2cccc3ccccc23)[nH]c2ccccc12)C(=O)OC. The molecule has 0 atom stereocenters. The molecule has 0 aliphatic rings. The van der Waals surface area contributed by atoms with Gasteiger partial charge < -0.3 is 14.5 Å². The number of aromatic nitrogens is 1. The maximum Gasteiger partial charge on any atom is 0.345 e. The number of aromatic amines is 1. The first-order chi connectivity index (χ1) is 14.1. The van der Waals surface area contributed by atoms with Crippen molar-refractivity contribution in [3.8, 4) is 11.3 Å². The zero-order valence-corrected chi connectivity index (χ0v) is 16.1. The Kier molecular flexibility index (Phi) is 4.87. The first-order valence-electron chi connectivity index (χ1n) is 9.11. The third-order valence-corrected chi connectivity index (χ3v) is 4.90. The number of H-pyrrole nitrogens is 1. The number of hydrogen-bond acceptors (Lipinski definition) is 4. The lowest BCUT2D eigenvalue weighted by Gasteiger charge is -2.08. The molecule has 0 fully saturated rings. The van der Waals surface area contributed by atoms with Crippen LogP contribution in [0.1, 0.15) is 5.56 Å². The van der Waals surface area contributed by atoms with Gasteiger partial charge in [0.15, 0.2) is 0 Å². The molecule has 4 rings (SSSR count). The molecule has 1 heterocycles. The molecule has 0 amide bonds. The van der Waals surface area contributed by atoms with E-state index in [2.05, 4.69) is 4.98 Å². The summed E-state index contributed by atoms with van der Waals surface area (Å²) in [4.78, 5) is 27.9. The van der Waals surface area contributed by atoms with Crippen LogP contribution in [0.15, 0.2) is 72.3 Å². The van der Waals surface area contributed by atoms with Crippen molar-refractivity contribution in [3.05, 3.63) is 77.9 Å². The number of esters is 2. The number of carbonyl (C=O) groups excluding carboxylic acids is 2. The van der Waals surface area contributed by atoms with E-state index >= 15 is 0 Å². The molecule has 0 bridgehead atoms. The van der Waals surface area contributed by atoms with Crippen molar-refractivity contribution in [2.45, 2.75) is 0 Å². The van der Waals surface area contributed by atoms with Gasteiger partial charge in [0.25, 0.3) is 0 Å². The third kappa shape index (κ3) is 3.27. The summed E-state index contributed by atoms with van der Waals surface area (Å²) < 4.78 is 9.59. The average Bonchev–Trinajstić information content (AvgIpc) is 3.14. The number of para-hydroxylation sites is 1. The normalized spacial score (nSPS) is 10.7. The molecule has 5 nitrogen and oxygen atoms in total. The molecule has 29 heavy (non-hydrogen) atoms. The van der Waals surface area contributed by atoms with Crippen LogP contribution >= 0.6 is 0 Å². The zero-order valence-electron chi connectivity index (χ0n) is 16.1. The predicted octanol–water partition coefficient (Wildman–Crippen LogP) is 4.72. The van der Waals surface area contributed by atoms with E-state index in [1.807, 2.05) is 66.7 Å². The Morgan fingerprint density at radius 3 is 2.14 bits per heavy atom. The van der Waals surface area contributed by atoms with E-state index in [9.17, 15) is 9.59 Å². The molecular weight excluding hydrogens is 366 g/mol. The lowest BCUT2D eigenvalue weighted by molar-refractivity contribution is -0.143. The highest BCUT2D eigenvalue weighted by molar-refractivity contribution is 6.19. The molecule has 0 aliphatic carbocycles. The summed E-state index contributed by atoms with van der Waals surface area (Å²) in [7, 11) is 2.47. The summed E-state index contributed by atoms with van der Waals surface area (Å²) in [5.74, 6) is -1.49. The fourth-order valence-electron chi connectivity index (χ4n) is 3.53. The first-order valence-corrected chi connectivity index (χ1v) is 9.11. The Morgan fingerprint density at radius 2 is 1.41 bits per heavy atom. The molecule has 0 saturated carbocycles. The van der Waals surface area contributed by atoms with Crippen LogP contribution in [-0.2, 0) is 19.1 Å². The van der Waals surface area contributed by atoms with Crippen LogP contribution in [0.5, 0.6) is 0 Å². The molecule has 0 saturated heterocycles. The smallest absolute Gasteiger partial charge is 0.345 e. The number of ether oxygens (including phenoxy) is 2. The van der Waals surface area contributed by atoms with Gasteiger partial charge in [-0.1, -0.05) is 60.7 Å². The van der Waals surface area contributed by atoms with E-state index in [-0.39, 0.29) is 5.57 Å². The van der Waals surface area contributed by atoms with Gasteiger partial charge in [-0.3, -0.25) is 0 Å². The summed E-state index contributed by atoms with van der Waals surface area (Å²) in [6.45, 7) is 0. The highest BCUT2D eigenvalue weighted by Gasteiger charge is 2.22. The molecule has 1 N–H and O–H groups in total. The van der Waals surface area contributed by atoms with Gasteiger partial charge in [0.05, 0.1) is 19.9 Å². The predicted molar refractivity (Wildman–Crippen MR) is 113 cm³/mol. The second-order valence-electron chi connectivity index (χ2n) is 6.53. The van der Waals surface area contributed by atoms with Crippen LogP contribution in [0.2, 0.25) is 0 Å². The van der Waals surface area contributed by atoms with Crippen molar-refractivity contribution in [2.75, 3.05) is 14.2 Å². The van der Waals surface area contributed by atoms with Crippen LogP contribution in [-0.4, -0.2) is 31.1 Å². The van der Waals surface area contributed by atoms with E-state index in [4.69, 9.17) is 9.47 Å². The molecular formula is C24H19NO4. The number of benzene rings is 3. The van der Waals surface area contributed by atoms with Crippen LogP contribution in [0.3, 0.4) is 0 Å². The van der Waals surface area contributed by atoms with Gasteiger partial charge in [-0.05, 0) is 22.9 Å². The van der Waals surface area contributed by atoms with Gasteiger partial charge in [-0.25, -0.2) is 9.59 Å². The molecule has 0 aliphatic heterocycles. The van der Waals surface area contributed by atoms with Crippen molar-refractivity contribution in [1.29, 1.82) is 0 Å². The monoisotopic (exact) mass is 385 g/mol. The molecule has 5 heteroatoms. The number of nitrogens with one attached hydrogen (secondary N) is 1. The molecule has 0 unspecified atom stereocenters. The van der Waals surface area contributed by atoms with E-state index in [0.717, 1.165) is 38.5 Å². The van der Waals surface area contributed by atoms with E-state index in [1.54, 1.807) is 0 Å². The number of hydrogen-bond donors (Lipinski definition) is 1. The minimum atomic E-state index is -0.744. The first kappa shape index (κ1) is 18.5. The van der Waals surface area contributed by atoms with Crippen molar-refractivity contribution in [3.63, 3.8) is 0 Å². The van der Waals surface area contributed by atoms with Crippen molar-refractivity contribution in [1.82, 2.24) is 4.98 Å². The van der Waals surface area contributed by atoms with Crippen molar-refractivity contribution >= 4 is 39.7 Å². The van der Waals surface area contributed by atoms with Crippen LogP contribution in [0, 0.1) is 0 Å². The Hall–Kier alpha value is -3.86. The molecule has 3 aromatic carbocycles. The van der Waals surface area contributed by atoms with Gasteiger partial charge in [0, 0.05) is 22.0 Å². The minimum absolute atomic E-state index is 0.166. The summed E-state index contributed by atoms with van der Waals surface area (Å²) in [5, 5.41) is 3.05. The van der Waals surface area contributed by atoms with Gasteiger partial charge >= 0.3 is 11.9 Å². The zero-order chi connectivity index (χ0) is 20.4. The second-order valence-corrected chi connectivity index (χ2v) is 6.53. The van der Waals surface area contributed by atoms with Gasteiger partial charge in [-0.2, -0.15) is 0 Å². The second kappa shape index (κ2) is 7.64. The highest BCUT2D eigenvalue weighted by Crippen LogP contribution is 2.36. The topological polar surface area (TPSA) is 68.4 Å². The van der Waals surface area contributed by atoms with E-state index < -0.39 is 11.9 Å². The van der Waals surface area contributed by atoms with Gasteiger partial charge in [0.2, 0.25) is 0 Å². The van der Waals surface area contributed by atoms with Crippen LogP contribution in [0.4, 0.5) is 0 Å². The van der Waals surface area contributed by atoms with Crippen LogP contribution < -0.4 is 0 Å². The Balaban J connectivity index is 2.05. The number of carbonyl (C=O) groups is 2. The van der Waals surface area contributed by atoms with E-state index in [1.165, 1.54) is 20.3 Å². The third-order valence-electron chi connectivity index (χ3n) is 4.90. The standard InChI is InChI=1S/C24H19NO4/c1-28-23(26)20(24(27)29-2)14-19-17-11-5-6-13-21(17)25-22(19)18-12-7-9-15-8-3-4-10-16(15)18/h3-14,25H,1-2H3. The number of fused-ring (bicyclic) bond motifs is 2. The summed E-state index contributed by atoms with van der Waals surface area (Å²) >= 11 is 0. The summed E-state index contributed by atoms with van der Waals surface area (Å²) in [6.07, 6.45) is 1.54. The molecule has 0 radical (unpaired) electrons. The molecule has 1 aromatic heterocycles. The fraction of sp³-hybridized carbons (Fsp3) is 0.0833. The fourth-order valence-corrected chi connectivity index (χ4v) is 3.53. The minimum Gasteiger partial charge on any atom is -0.465 e. The molecule has 144 valence electrons.